The van der Waals surface area contributed by atoms with Crippen molar-refractivity contribution in [1.82, 2.24) is 0 Å². The minimum Gasteiger partial charge on any atom is -0.507 e. The summed E-state index contributed by atoms with van der Waals surface area (Å²) in [5.74, 6) is 1.49. The van der Waals surface area contributed by atoms with Gasteiger partial charge < -0.3 is 9.52 Å². The van der Waals surface area contributed by atoms with Crippen LogP contribution in [0.1, 0.15) is 5.76 Å². The van der Waals surface area contributed by atoms with Crippen LogP contribution in [-0.4, -0.2) is 9.12 Å². The maximum absolute atomic E-state index is 11.2. The highest BCUT2D eigenvalue weighted by molar-refractivity contribution is 14.2. The normalized spacial score (nSPS) is 14.1. The number of aliphatic hydroxyl groups is 1. The summed E-state index contributed by atoms with van der Waals surface area (Å²) >= 11 is -0.343. The molecular weight excluding hydrogens is 319 g/mol. The molecule has 3 rings (SSSR count). The van der Waals surface area contributed by atoms with E-state index in [9.17, 15) is 9.90 Å². The molecule has 0 aromatic carbocycles. The van der Waals surface area contributed by atoms with Gasteiger partial charge in [0.15, 0.2) is 5.43 Å². The van der Waals surface area contributed by atoms with E-state index in [0.717, 1.165) is 9.13 Å². The third-order valence-corrected chi connectivity index (χ3v) is 4.75. The van der Waals surface area contributed by atoms with Gasteiger partial charge in [0.2, 0.25) is 0 Å². The van der Waals surface area contributed by atoms with Gasteiger partial charge in [-0.1, -0.05) is 20.7 Å². The lowest BCUT2D eigenvalue weighted by Gasteiger charge is -2.10. The molecule has 0 bridgehead atoms. The lowest BCUT2D eigenvalue weighted by molar-refractivity contribution is 0.450. The number of halogens is 1. The van der Waals surface area contributed by atoms with Crippen LogP contribution in [0.25, 0.3) is 17.4 Å². The zero-order valence-corrected chi connectivity index (χ0v) is 10.3. The number of rotatable bonds is 0. The number of aliphatic hydroxyl groups excluding tert-OH is 1. The van der Waals surface area contributed by atoms with Crippen molar-refractivity contribution in [2.75, 3.05) is 0 Å². The van der Waals surface area contributed by atoms with Gasteiger partial charge in [-0.3, -0.25) is 4.79 Å². The first-order valence-corrected chi connectivity index (χ1v) is 7.00. The highest BCUT2D eigenvalue weighted by Gasteiger charge is 2.12. The molecule has 80 valence electrons. The molecule has 0 spiro atoms. The highest BCUT2D eigenvalue weighted by Crippen LogP contribution is 2.31. The van der Waals surface area contributed by atoms with Crippen molar-refractivity contribution in [3.8, 4) is 11.3 Å². The van der Waals surface area contributed by atoms with E-state index < -0.39 is 0 Å². The lowest BCUT2D eigenvalue weighted by atomic mass is 10.1. The second-order valence-corrected chi connectivity index (χ2v) is 5.85. The predicted octanol–water partition coefficient (Wildman–Crippen LogP) is 2.60. The van der Waals surface area contributed by atoms with Crippen LogP contribution in [0.3, 0.4) is 0 Å². The van der Waals surface area contributed by atoms with Gasteiger partial charge in [-0.25, -0.2) is 0 Å². The van der Waals surface area contributed by atoms with Crippen LogP contribution < -0.4 is 5.43 Å². The minimum atomic E-state index is -0.343. The first-order chi connectivity index (χ1) is 7.72. The van der Waals surface area contributed by atoms with E-state index in [1.165, 1.54) is 12.1 Å². The second kappa shape index (κ2) is 3.55. The first kappa shape index (κ1) is 9.77. The van der Waals surface area contributed by atoms with Crippen LogP contribution in [-0.2, 0) is 0 Å². The number of hydrogen-bond acceptors (Lipinski definition) is 3. The third-order valence-electron chi connectivity index (χ3n) is 2.29. The Morgan fingerprint density at radius 1 is 1.25 bits per heavy atom. The van der Waals surface area contributed by atoms with Crippen LogP contribution >= 0.6 is 20.7 Å². The Balaban J connectivity index is 2.34. The Morgan fingerprint density at radius 2 is 2.12 bits per heavy atom. The van der Waals surface area contributed by atoms with Crippen LogP contribution in [0.4, 0.5) is 0 Å². The molecule has 3 nitrogen and oxygen atoms in total. The summed E-state index contributed by atoms with van der Waals surface area (Å²) in [7, 11) is 0. The van der Waals surface area contributed by atoms with Crippen molar-refractivity contribution in [1.29, 1.82) is 0 Å². The largest absolute Gasteiger partial charge is 0.507 e. The summed E-state index contributed by atoms with van der Waals surface area (Å²) < 4.78 is 8.57. The van der Waals surface area contributed by atoms with Gasteiger partial charge in [-0.2, -0.15) is 0 Å². The number of allylic oxidation sites excluding steroid dienone is 1. The lowest BCUT2D eigenvalue weighted by Crippen LogP contribution is -2.00. The number of hydrogen-bond donors (Lipinski definition) is 1. The van der Waals surface area contributed by atoms with Crippen molar-refractivity contribution in [2.45, 2.75) is 0 Å². The summed E-state index contributed by atoms with van der Waals surface area (Å²) in [4.78, 5) is 11.2. The summed E-state index contributed by atoms with van der Waals surface area (Å²) in [5.41, 5.74) is 0.864. The molecule has 2 heterocycles. The smallest absolute Gasteiger partial charge is 0.182 e. The SMILES string of the molecule is O=c1ccc2cc3c(oc-2c1)C=C(O)C=I3. The average Bonchev–Trinajstić information content (AvgIpc) is 2.26. The molecule has 4 heteroatoms. The molecule has 0 amide bonds. The van der Waals surface area contributed by atoms with Gasteiger partial charge in [-0.15, -0.1) is 0 Å². The number of fused-ring (bicyclic) bond motifs is 2. The van der Waals surface area contributed by atoms with E-state index in [0.29, 0.717) is 11.5 Å². The van der Waals surface area contributed by atoms with Crippen molar-refractivity contribution >= 4 is 30.8 Å². The predicted molar refractivity (Wildman–Crippen MR) is 71.0 cm³/mol. The summed E-state index contributed by atoms with van der Waals surface area (Å²) in [6.07, 6.45) is 1.59. The molecule has 0 aromatic heterocycles. The van der Waals surface area contributed by atoms with E-state index in [1.807, 2.05) is 10.1 Å². The summed E-state index contributed by atoms with van der Waals surface area (Å²) in [5, 5.41) is 9.39. The average molecular weight is 326 g/mol. The van der Waals surface area contributed by atoms with Crippen LogP contribution in [0.5, 0.6) is 0 Å². The Morgan fingerprint density at radius 3 is 3.00 bits per heavy atom. The van der Waals surface area contributed by atoms with E-state index in [2.05, 4.69) is 0 Å². The van der Waals surface area contributed by atoms with Gasteiger partial charge in [0.05, 0.1) is 3.57 Å². The quantitative estimate of drug-likeness (QED) is 0.757. The van der Waals surface area contributed by atoms with Crippen molar-refractivity contribution < 1.29 is 9.52 Å². The fraction of sp³-hybridized carbons (Fsp3) is 0. The van der Waals surface area contributed by atoms with Crippen LogP contribution in [0, 0.1) is 3.57 Å². The molecule has 2 aliphatic heterocycles. The zero-order chi connectivity index (χ0) is 11.1. The van der Waals surface area contributed by atoms with Crippen LogP contribution in [0.2, 0.25) is 0 Å². The maximum Gasteiger partial charge on any atom is 0.182 e. The highest BCUT2D eigenvalue weighted by atomic mass is 127. The molecule has 1 aliphatic carbocycles. The Hall–Kier alpha value is -1.43. The van der Waals surface area contributed by atoms with Gasteiger partial charge in [0, 0.05) is 21.7 Å². The fourth-order valence-electron chi connectivity index (χ4n) is 1.56. The molecule has 0 fully saturated rings. The van der Waals surface area contributed by atoms with Gasteiger partial charge >= 0.3 is 0 Å². The molecular formula is C12H7IO3. The zero-order valence-electron chi connectivity index (χ0n) is 8.11. The Bertz CT molecular complexity index is 652. The van der Waals surface area contributed by atoms with Crippen LogP contribution in [0.15, 0.2) is 39.2 Å². The molecule has 16 heavy (non-hydrogen) atoms. The van der Waals surface area contributed by atoms with Crippen molar-refractivity contribution in [2.24, 2.45) is 0 Å². The Labute approximate surface area is 101 Å². The molecule has 0 aromatic rings. The number of benzene rings is 1. The maximum atomic E-state index is 11.2. The van der Waals surface area contributed by atoms with E-state index in [4.69, 9.17) is 4.42 Å². The first-order valence-electron chi connectivity index (χ1n) is 4.67. The van der Waals surface area contributed by atoms with E-state index in [1.54, 1.807) is 12.1 Å². The molecule has 1 N–H and O–H groups in total. The Kier molecular flexibility index (Phi) is 2.17. The third kappa shape index (κ3) is 1.59. The van der Waals surface area contributed by atoms with Gasteiger partial charge in [0.25, 0.3) is 0 Å². The molecule has 0 atom stereocenters. The minimum absolute atomic E-state index is 0.0681. The topological polar surface area (TPSA) is 50.4 Å². The molecule has 3 aliphatic rings. The summed E-state index contributed by atoms with van der Waals surface area (Å²) in [6, 6.07) is 6.79. The summed E-state index contributed by atoms with van der Waals surface area (Å²) in [6.45, 7) is 0. The second-order valence-electron chi connectivity index (χ2n) is 3.45. The molecule has 0 saturated carbocycles. The monoisotopic (exact) mass is 326 g/mol. The standard InChI is InChI=1S/C12H7IO3/c14-8-2-1-7-3-10-12(16-11(7)4-8)5-9(15)6-13-10/h1-6,15H. The van der Waals surface area contributed by atoms with E-state index >= 15 is 0 Å². The van der Waals surface area contributed by atoms with Crippen molar-refractivity contribution in [3.05, 3.63) is 49.6 Å². The van der Waals surface area contributed by atoms with E-state index in [-0.39, 0.29) is 31.9 Å². The molecule has 0 saturated heterocycles. The molecule has 0 unspecified atom stereocenters. The van der Waals surface area contributed by atoms with Gasteiger partial charge in [0.1, 0.15) is 17.3 Å². The van der Waals surface area contributed by atoms with Crippen molar-refractivity contribution in [3.63, 3.8) is 0 Å². The van der Waals surface area contributed by atoms with Gasteiger partial charge in [-0.05, 0) is 18.2 Å². The fourth-order valence-corrected chi connectivity index (χ4v) is 3.48. The molecule has 0 radical (unpaired) electrons.